The lowest BCUT2D eigenvalue weighted by Gasteiger charge is -2.16. The average molecular weight is 573 g/mol. The van der Waals surface area contributed by atoms with Crippen LogP contribution < -0.4 is 18.9 Å². The molecular formula is C32H28O10. The molecule has 10 heteroatoms. The van der Waals surface area contributed by atoms with E-state index in [1.165, 1.54) is 47.7 Å². The normalized spacial score (nSPS) is 11.0. The van der Waals surface area contributed by atoms with Crippen molar-refractivity contribution in [2.75, 3.05) is 21.3 Å². The van der Waals surface area contributed by atoms with E-state index in [0.29, 0.717) is 44.6 Å². The summed E-state index contributed by atoms with van der Waals surface area (Å²) in [6.45, 7) is 2.82. The maximum absolute atomic E-state index is 12.8. The maximum Gasteiger partial charge on any atom is 0.338 e. The summed E-state index contributed by atoms with van der Waals surface area (Å²) in [4.78, 5) is 37.8. The summed E-state index contributed by atoms with van der Waals surface area (Å²) in [5, 5.41) is 1.30. The van der Waals surface area contributed by atoms with Crippen molar-refractivity contribution in [1.82, 2.24) is 0 Å². The Morgan fingerprint density at radius 3 is 1.69 bits per heavy atom. The van der Waals surface area contributed by atoms with Crippen LogP contribution in [-0.4, -0.2) is 38.9 Å². The largest absolute Gasteiger partial charge is 0.495 e. The Morgan fingerprint density at radius 2 is 1.21 bits per heavy atom. The van der Waals surface area contributed by atoms with E-state index >= 15 is 0 Å². The molecule has 0 saturated heterocycles. The van der Waals surface area contributed by atoms with E-state index in [-0.39, 0.29) is 53.0 Å². The standard InChI is InChI=1S/C32H28O10/c1-17(33)28-26(13-24-21(8-10-39-24)30(28)36-3)41-15-19-6-7-20(23(12-19)32(35)38-5)16-42-27-14-25-22(9-11-40-25)31(37-4)29(27)18(2)34/h6-14H,15-16H2,1-5H3. The van der Waals surface area contributed by atoms with Gasteiger partial charge in [0.25, 0.3) is 0 Å². The van der Waals surface area contributed by atoms with Gasteiger partial charge in [-0.1, -0.05) is 12.1 Å². The van der Waals surface area contributed by atoms with Crippen LogP contribution in [0.1, 0.15) is 56.0 Å². The Morgan fingerprint density at radius 1 is 0.690 bits per heavy atom. The second-order valence-electron chi connectivity index (χ2n) is 9.40. The van der Waals surface area contributed by atoms with Crippen molar-refractivity contribution in [3.05, 3.63) is 82.8 Å². The number of benzene rings is 3. The van der Waals surface area contributed by atoms with Crippen LogP contribution in [0.2, 0.25) is 0 Å². The minimum atomic E-state index is -0.579. The number of fused-ring (bicyclic) bond motifs is 2. The van der Waals surface area contributed by atoms with E-state index in [4.69, 9.17) is 32.5 Å². The number of hydrogen-bond donors (Lipinski definition) is 0. The third-order valence-corrected chi connectivity index (χ3v) is 6.82. The summed E-state index contributed by atoms with van der Waals surface area (Å²) in [6, 6.07) is 11.8. The van der Waals surface area contributed by atoms with E-state index in [1.807, 2.05) is 0 Å². The quantitative estimate of drug-likeness (QED) is 0.127. The van der Waals surface area contributed by atoms with Crippen LogP contribution in [0.25, 0.3) is 21.9 Å². The van der Waals surface area contributed by atoms with Crippen molar-refractivity contribution in [3.63, 3.8) is 0 Å². The van der Waals surface area contributed by atoms with Gasteiger partial charge in [-0.15, -0.1) is 0 Å². The van der Waals surface area contributed by atoms with Crippen molar-refractivity contribution < 1.29 is 46.9 Å². The van der Waals surface area contributed by atoms with Crippen molar-refractivity contribution in [2.45, 2.75) is 27.1 Å². The fourth-order valence-electron chi connectivity index (χ4n) is 4.89. The van der Waals surface area contributed by atoms with Gasteiger partial charge < -0.3 is 32.5 Å². The molecule has 0 N–H and O–H groups in total. The first-order chi connectivity index (χ1) is 20.3. The van der Waals surface area contributed by atoms with Gasteiger partial charge in [-0.25, -0.2) is 4.79 Å². The molecule has 3 aromatic carbocycles. The van der Waals surface area contributed by atoms with Gasteiger partial charge in [-0.2, -0.15) is 0 Å². The molecule has 5 rings (SSSR count). The molecule has 0 saturated carbocycles. The topological polar surface area (TPSA) is 124 Å². The fourth-order valence-corrected chi connectivity index (χ4v) is 4.89. The molecule has 2 heterocycles. The maximum atomic E-state index is 12.8. The molecule has 2 aromatic heterocycles. The van der Waals surface area contributed by atoms with Crippen molar-refractivity contribution >= 4 is 39.5 Å². The Hall–Kier alpha value is -5.25. The Labute approximate surface area is 240 Å². The molecular weight excluding hydrogens is 544 g/mol. The first-order valence-electron chi connectivity index (χ1n) is 12.9. The van der Waals surface area contributed by atoms with Crippen LogP contribution in [0.5, 0.6) is 23.0 Å². The molecule has 0 unspecified atom stereocenters. The molecule has 0 atom stereocenters. The van der Waals surface area contributed by atoms with Crippen molar-refractivity contribution in [2.24, 2.45) is 0 Å². The van der Waals surface area contributed by atoms with Gasteiger partial charge in [0.2, 0.25) is 0 Å². The van der Waals surface area contributed by atoms with Gasteiger partial charge in [-0.05, 0) is 37.6 Å². The number of ether oxygens (including phenoxy) is 5. The van der Waals surface area contributed by atoms with Gasteiger partial charge in [0.15, 0.2) is 11.6 Å². The summed E-state index contributed by atoms with van der Waals surface area (Å²) in [7, 11) is 4.23. The number of hydrogen-bond acceptors (Lipinski definition) is 10. The molecule has 0 amide bonds. The van der Waals surface area contributed by atoms with Gasteiger partial charge in [0, 0.05) is 17.7 Å². The minimum absolute atomic E-state index is 0.0294. The number of rotatable bonds is 11. The third-order valence-electron chi connectivity index (χ3n) is 6.82. The van der Waals surface area contributed by atoms with E-state index in [2.05, 4.69) is 0 Å². The molecule has 0 radical (unpaired) electrons. The summed E-state index contributed by atoms with van der Waals surface area (Å²) in [5.74, 6) is 0.183. The molecule has 0 aliphatic rings. The second kappa shape index (κ2) is 11.7. The predicted molar refractivity (Wildman–Crippen MR) is 152 cm³/mol. The van der Waals surface area contributed by atoms with Crippen LogP contribution in [0.15, 0.2) is 63.8 Å². The minimum Gasteiger partial charge on any atom is -0.495 e. The van der Waals surface area contributed by atoms with E-state index in [0.717, 1.165) is 0 Å². The Bertz CT molecular complexity index is 1820. The molecule has 216 valence electrons. The zero-order valence-electron chi connectivity index (χ0n) is 23.7. The van der Waals surface area contributed by atoms with Crippen LogP contribution >= 0.6 is 0 Å². The molecule has 10 nitrogen and oxygen atoms in total. The lowest BCUT2D eigenvalue weighted by Crippen LogP contribution is -2.11. The number of furan rings is 2. The Balaban J connectivity index is 1.44. The second-order valence-corrected chi connectivity index (χ2v) is 9.40. The van der Waals surface area contributed by atoms with Crippen molar-refractivity contribution in [3.8, 4) is 23.0 Å². The number of ketones is 2. The van der Waals surface area contributed by atoms with Gasteiger partial charge in [0.05, 0.1) is 50.2 Å². The highest BCUT2D eigenvalue weighted by molar-refractivity contribution is 6.06. The first kappa shape index (κ1) is 28.3. The number of methoxy groups -OCH3 is 3. The summed E-state index contributed by atoms with van der Waals surface area (Å²) < 4.78 is 39.1. The molecule has 5 aromatic rings. The number of esters is 1. The lowest BCUT2D eigenvalue weighted by atomic mass is 10.0. The van der Waals surface area contributed by atoms with Crippen LogP contribution in [0.3, 0.4) is 0 Å². The monoisotopic (exact) mass is 572 g/mol. The molecule has 42 heavy (non-hydrogen) atoms. The van der Waals surface area contributed by atoms with E-state index in [1.54, 1.807) is 42.5 Å². The van der Waals surface area contributed by atoms with Crippen molar-refractivity contribution in [1.29, 1.82) is 0 Å². The van der Waals surface area contributed by atoms with E-state index in [9.17, 15) is 14.4 Å². The smallest absolute Gasteiger partial charge is 0.338 e. The van der Waals surface area contributed by atoms with Crippen LogP contribution in [-0.2, 0) is 18.0 Å². The predicted octanol–water partition coefficient (Wildman–Crippen LogP) is 6.55. The molecule has 0 fully saturated rings. The lowest BCUT2D eigenvalue weighted by molar-refractivity contribution is 0.0597. The molecule has 0 spiro atoms. The Kier molecular flexibility index (Phi) is 7.88. The highest BCUT2D eigenvalue weighted by atomic mass is 16.5. The number of carbonyl (C=O) groups excluding carboxylic acids is 3. The van der Waals surface area contributed by atoms with Gasteiger partial charge in [-0.3, -0.25) is 9.59 Å². The summed E-state index contributed by atoms with van der Waals surface area (Å²) in [5.41, 5.74) is 2.94. The van der Waals surface area contributed by atoms with Crippen LogP contribution in [0, 0.1) is 0 Å². The zero-order chi connectivity index (χ0) is 30.0. The van der Waals surface area contributed by atoms with Crippen LogP contribution in [0.4, 0.5) is 0 Å². The zero-order valence-corrected chi connectivity index (χ0v) is 23.7. The van der Waals surface area contributed by atoms with Gasteiger partial charge in [0.1, 0.15) is 58.5 Å². The fraction of sp³-hybridized carbons (Fsp3) is 0.219. The number of Topliss-reactive ketones (excluding diaryl/α,β-unsaturated/α-hetero) is 2. The first-order valence-corrected chi connectivity index (χ1v) is 12.9. The van der Waals surface area contributed by atoms with Gasteiger partial charge >= 0.3 is 5.97 Å². The van der Waals surface area contributed by atoms with E-state index < -0.39 is 5.97 Å². The highest BCUT2D eigenvalue weighted by Crippen LogP contribution is 2.39. The SMILES string of the molecule is COC(=O)c1cc(COc2cc3occc3c(OC)c2C(C)=O)ccc1COc1cc2occc2c(OC)c1C(C)=O. The average Bonchev–Trinajstić information content (AvgIpc) is 3.66. The third kappa shape index (κ3) is 5.14. The summed E-state index contributed by atoms with van der Waals surface area (Å²) in [6.07, 6.45) is 3.01. The number of carbonyl (C=O) groups is 3. The molecule has 0 aliphatic carbocycles. The molecule has 0 bridgehead atoms. The summed E-state index contributed by atoms with van der Waals surface area (Å²) >= 11 is 0. The highest BCUT2D eigenvalue weighted by Gasteiger charge is 2.23. The molecule has 0 aliphatic heterocycles.